The summed E-state index contributed by atoms with van der Waals surface area (Å²) in [4.78, 5) is 40.0. The van der Waals surface area contributed by atoms with Crippen LogP contribution in [-0.4, -0.2) is 51.7 Å². The highest BCUT2D eigenvalue weighted by Crippen LogP contribution is 2.37. The van der Waals surface area contributed by atoms with Gasteiger partial charge in [-0.1, -0.05) is 6.07 Å². The van der Waals surface area contributed by atoms with Crippen LogP contribution in [-0.2, 0) is 12.7 Å². The number of benzene rings is 1. The van der Waals surface area contributed by atoms with E-state index in [1.165, 1.54) is 19.2 Å². The number of oxazole rings is 1. The van der Waals surface area contributed by atoms with Gasteiger partial charge in [0.25, 0.3) is 5.91 Å². The molecule has 0 radical (unpaired) electrons. The second kappa shape index (κ2) is 10.4. The summed E-state index contributed by atoms with van der Waals surface area (Å²) >= 11 is 0. The Morgan fingerprint density at radius 2 is 1.87 bits per heavy atom. The van der Waals surface area contributed by atoms with Gasteiger partial charge in [-0.2, -0.15) is 13.2 Å². The van der Waals surface area contributed by atoms with Crippen LogP contribution in [0.25, 0.3) is 22.4 Å². The number of pyridine rings is 2. The van der Waals surface area contributed by atoms with Crippen molar-refractivity contribution in [1.82, 2.24) is 19.9 Å². The third kappa shape index (κ3) is 5.07. The lowest BCUT2D eigenvalue weighted by molar-refractivity contribution is -0.140. The molecule has 0 unspecified atom stereocenters. The Morgan fingerprint density at radius 1 is 1.10 bits per heavy atom. The summed E-state index contributed by atoms with van der Waals surface area (Å²) in [5.74, 6) is -0.388. The molecule has 1 aliphatic heterocycles. The number of alkyl halides is 3. The summed E-state index contributed by atoms with van der Waals surface area (Å²) in [6, 6.07) is 10.3. The Hall–Kier alpha value is -4.32. The molecule has 1 aliphatic rings. The van der Waals surface area contributed by atoms with Gasteiger partial charge in [0.2, 0.25) is 5.89 Å². The average Bonchev–Trinajstić information content (AvgIpc) is 3.40. The van der Waals surface area contributed by atoms with Gasteiger partial charge in [0, 0.05) is 36.2 Å². The number of methoxy groups -OCH3 is 1. The first kappa shape index (κ1) is 26.3. The van der Waals surface area contributed by atoms with Gasteiger partial charge < -0.3 is 19.8 Å². The van der Waals surface area contributed by atoms with Crippen LogP contribution in [0.2, 0.25) is 0 Å². The highest BCUT2D eigenvalue weighted by Gasteiger charge is 2.34. The number of likely N-dealkylation sites (tertiary alicyclic amines) is 1. The zero-order chi connectivity index (χ0) is 27.7. The minimum atomic E-state index is -4.64. The van der Waals surface area contributed by atoms with Crippen LogP contribution in [0.1, 0.15) is 45.3 Å². The number of nitrogens with zero attached hydrogens (tertiary/aromatic N) is 4. The number of hydrogen-bond acceptors (Lipinski definition) is 8. The molecule has 4 aromatic rings. The van der Waals surface area contributed by atoms with E-state index in [4.69, 9.17) is 14.9 Å². The number of rotatable bonds is 6. The largest absolute Gasteiger partial charge is 0.494 e. The molecule has 4 heterocycles. The van der Waals surface area contributed by atoms with Crippen molar-refractivity contribution < 1.29 is 31.9 Å². The number of ketones is 1. The van der Waals surface area contributed by atoms with Gasteiger partial charge in [0.15, 0.2) is 17.2 Å². The first-order valence-electron chi connectivity index (χ1n) is 12.2. The van der Waals surface area contributed by atoms with Crippen molar-refractivity contribution in [1.29, 1.82) is 0 Å². The number of ether oxygens (including phenoxy) is 1. The lowest BCUT2D eigenvalue weighted by Crippen LogP contribution is -2.41. The molecule has 1 fully saturated rings. The van der Waals surface area contributed by atoms with Crippen molar-refractivity contribution in [3.63, 3.8) is 0 Å². The number of nitrogens with two attached hydrogens (primary N) is 1. The quantitative estimate of drug-likeness (QED) is 0.355. The van der Waals surface area contributed by atoms with Crippen molar-refractivity contribution >= 4 is 22.6 Å². The smallest absolute Gasteiger partial charge is 0.433 e. The number of piperidine rings is 1. The predicted molar refractivity (Wildman–Crippen MR) is 134 cm³/mol. The molecule has 2 N–H and O–H groups in total. The van der Waals surface area contributed by atoms with Crippen LogP contribution >= 0.6 is 0 Å². The molecule has 0 saturated carbocycles. The number of hydrogen-bond donors (Lipinski definition) is 1. The predicted octanol–water partition coefficient (Wildman–Crippen LogP) is 4.51. The maximum atomic E-state index is 13.4. The van der Waals surface area contributed by atoms with Crippen molar-refractivity contribution in [2.45, 2.75) is 25.6 Å². The first-order valence-corrected chi connectivity index (χ1v) is 12.2. The van der Waals surface area contributed by atoms with E-state index in [0.717, 1.165) is 6.07 Å². The molecule has 202 valence electrons. The van der Waals surface area contributed by atoms with Gasteiger partial charge in [-0.25, -0.2) is 9.97 Å². The Morgan fingerprint density at radius 3 is 2.51 bits per heavy atom. The van der Waals surface area contributed by atoms with Crippen LogP contribution in [0, 0.1) is 5.92 Å². The normalized spacial score (nSPS) is 14.5. The van der Waals surface area contributed by atoms with E-state index >= 15 is 0 Å². The van der Waals surface area contributed by atoms with Gasteiger partial charge in [-0.05, 0) is 49.2 Å². The van der Waals surface area contributed by atoms with E-state index in [2.05, 4.69) is 15.0 Å². The number of aromatic nitrogens is 3. The Labute approximate surface area is 220 Å². The lowest BCUT2D eigenvalue weighted by atomic mass is 9.90. The average molecular weight is 540 g/mol. The van der Waals surface area contributed by atoms with E-state index in [0.29, 0.717) is 42.6 Å². The van der Waals surface area contributed by atoms with Crippen LogP contribution in [0.5, 0.6) is 5.75 Å². The maximum Gasteiger partial charge on any atom is 0.433 e. The zero-order valence-electron chi connectivity index (χ0n) is 20.9. The Kier molecular flexibility index (Phi) is 7.04. The minimum Gasteiger partial charge on any atom is -0.494 e. The minimum absolute atomic E-state index is 0.0193. The third-order valence-corrected chi connectivity index (χ3v) is 6.72. The molecule has 1 saturated heterocycles. The van der Waals surface area contributed by atoms with Crippen molar-refractivity contribution in [2.24, 2.45) is 11.7 Å². The zero-order valence-corrected chi connectivity index (χ0v) is 20.9. The number of carbonyl (C=O) groups excluding carboxylic acids is 2. The summed E-state index contributed by atoms with van der Waals surface area (Å²) in [6.45, 7) is 0.557. The van der Waals surface area contributed by atoms with Gasteiger partial charge >= 0.3 is 6.18 Å². The van der Waals surface area contributed by atoms with Crippen molar-refractivity contribution in [3.8, 4) is 17.2 Å². The van der Waals surface area contributed by atoms with E-state index in [1.54, 1.807) is 35.4 Å². The molecular formula is C27H24F3N5O4. The Balaban J connectivity index is 1.41. The molecule has 12 heteroatoms. The van der Waals surface area contributed by atoms with Crippen molar-refractivity contribution in [3.05, 3.63) is 71.5 Å². The molecule has 39 heavy (non-hydrogen) atoms. The van der Waals surface area contributed by atoms with E-state index < -0.39 is 17.8 Å². The van der Waals surface area contributed by atoms with Gasteiger partial charge in [-0.15, -0.1) is 0 Å². The fraction of sp³-hybridized carbons (Fsp3) is 0.296. The molecule has 0 spiro atoms. The molecule has 0 aliphatic carbocycles. The monoisotopic (exact) mass is 539 g/mol. The third-order valence-electron chi connectivity index (χ3n) is 6.72. The second-order valence-electron chi connectivity index (χ2n) is 9.05. The molecule has 1 amide bonds. The van der Waals surface area contributed by atoms with Crippen molar-refractivity contribution in [2.75, 3.05) is 20.2 Å². The number of halogens is 3. The highest BCUT2D eigenvalue weighted by atomic mass is 19.4. The molecule has 3 aromatic heterocycles. The number of fused-ring (bicyclic) bond motifs is 1. The SMILES string of the molecule is COc1ccc(-c2nc(C(=O)N3CCC(C(=O)c4ccccn4)CC3)c(CN)o2)c2ccc(C(F)(F)F)nc12. The van der Waals surface area contributed by atoms with Crippen LogP contribution in [0.3, 0.4) is 0 Å². The summed E-state index contributed by atoms with van der Waals surface area (Å²) in [5.41, 5.74) is 5.51. The van der Waals surface area contributed by atoms with E-state index in [1.807, 2.05) is 0 Å². The standard InChI is InChI=1S/C27H24F3N5O4/c1-38-19-7-5-17(16-6-8-21(27(28,29)30)33-22(16)19)25-34-23(20(14-31)39-25)26(37)35-12-9-15(10-13-35)24(36)18-4-2-3-11-32-18/h2-8,11,15H,9-10,12-14,31H2,1H3. The summed E-state index contributed by atoms with van der Waals surface area (Å²) < 4.78 is 50.9. The second-order valence-corrected chi connectivity index (χ2v) is 9.05. The molecule has 5 rings (SSSR count). The maximum absolute atomic E-state index is 13.4. The van der Waals surface area contributed by atoms with Crippen LogP contribution in [0.15, 0.2) is 53.1 Å². The number of carbonyl (C=O) groups is 2. The van der Waals surface area contributed by atoms with Crippen LogP contribution in [0.4, 0.5) is 13.2 Å². The summed E-state index contributed by atoms with van der Waals surface area (Å²) in [6.07, 6.45) is -2.12. The lowest BCUT2D eigenvalue weighted by Gasteiger charge is -2.30. The molecule has 0 bridgehead atoms. The fourth-order valence-corrected chi connectivity index (χ4v) is 4.69. The number of amides is 1. The molecule has 1 aromatic carbocycles. The summed E-state index contributed by atoms with van der Waals surface area (Å²) in [5, 5.41) is 0.306. The van der Waals surface area contributed by atoms with Gasteiger partial charge in [-0.3, -0.25) is 14.6 Å². The van der Waals surface area contributed by atoms with Gasteiger partial charge in [0.1, 0.15) is 22.7 Å². The topological polar surface area (TPSA) is 124 Å². The summed E-state index contributed by atoms with van der Waals surface area (Å²) in [7, 11) is 1.33. The molecule has 9 nitrogen and oxygen atoms in total. The van der Waals surface area contributed by atoms with Gasteiger partial charge in [0.05, 0.1) is 13.7 Å². The number of Topliss-reactive ketones (excluding diaryl/α,β-unsaturated/α-hetero) is 1. The highest BCUT2D eigenvalue weighted by molar-refractivity contribution is 5.99. The molecule has 0 atom stereocenters. The first-order chi connectivity index (χ1) is 18.7. The van der Waals surface area contributed by atoms with E-state index in [-0.39, 0.29) is 46.9 Å². The molecular weight excluding hydrogens is 515 g/mol. The Bertz CT molecular complexity index is 1530. The fourth-order valence-electron chi connectivity index (χ4n) is 4.69. The van der Waals surface area contributed by atoms with E-state index in [9.17, 15) is 22.8 Å². The van der Waals surface area contributed by atoms with Crippen LogP contribution < -0.4 is 10.5 Å².